The summed E-state index contributed by atoms with van der Waals surface area (Å²) in [5, 5.41) is 7.76. The second kappa shape index (κ2) is 9.86. The van der Waals surface area contributed by atoms with E-state index in [1.165, 1.54) is 7.11 Å². The molecule has 3 N–H and O–H groups in total. The lowest BCUT2D eigenvalue weighted by Gasteiger charge is -2.27. The number of anilines is 1. The van der Waals surface area contributed by atoms with Crippen LogP contribution in [-0.4, -0.2) is 40.8 Å². The Morgan fingerprint density at radius 1 is 1.24 bits per heavy atom. The monoisotopic (exact) mass is 427 g/mol. The maximum Gasteiger partial charge on any atom is 0.408 e. The van der Waals surface area contributed by atoms with E-state index in [0.717, 1.165) is 0 Å². The normalized spacial score (nSPS) is 11.9. The Labute approximate surface area is 165 Å². The van der Waals surface area contributed by atoms with Crippen molar-refractivity contribution < 1.29 is 19.1 Å². The molecule has 0 aliphatic rings. The summed E-state index contributed by atoms with van der Waals surface area (Å²) >= 11 is 22.6. The number of carbonyl (C=O) groups is 2. The number of hydrogen-bond acceptors (Lipinski definition) is 5. The molecule has 1 amide bonds. The number of esters is 1. The molecule has 0 aliphatic heterocycles. The van der Waals surface area contributed by atoms with Crippen LogP contribution >= 0.6 is 47.0 Å². The first kappa shape index (κ1) is 21.6. The molecule has 7 nitrogen and oxygen atoms in total. The van der Waals surface area contributed by atoms with Crippen molar-refractivity contribution in [2.45, 2.75) is 16.9 Å². The van der Waals surface area contributed by atoms with Gasteiger partial charge in [0.15, 0.2) is 11.3 Å². The van der Waals surface area contributed by atoms with Crippen molar-refractivity contribution in [2.75, 3.05) is 19.0 Å². The molecule has 1 aromatic carbocycles. The van der Waals surface area contributed by atoms with Crippen molar-refractivity contribution in [3.05, 3.63) is 29.8 Å². The van der Waals surface area contributed by atoms with Crippen molar-refractivity contribution in [2.24, 2.45) is 0 Å². The van der Waals surface area contributed by atoms with Crippen LogP contribution in [0.2, 0.25) is 0 Å². The molecule has 1 atom stereocenters. The zero-order valence-corrected chi connectivity index (χ0v) is 16.4. The fraction of sp³-hybridized carbons (Fsp3) is 0.357. The molecule has 0 aromatic heterocycles. The molecule has 11 heteroatoms. The predicted octanol–water partition coefficient (Wildman–Crippen LogP) is 3.20. The van der Waals surface area contributed by atoms with E-state index in [1.807, 2.05) is 0 Å². The standard InChI is InChI=1S/C14H16Cl3N3O4S/c1-3-24-13(22)20-11(14(15,16)17)19-12(25)18-9-7-5-4-6-8(9)10(21)23-2/h4-7,11H,3H2,1-2H3,(H,20,22)(H2,18,19,25)/t11-/m1/s1. The maximum absolute atomic E-state index is 11.8. The Hall–Kier alpha value is -1.48. The van der Waals surface area contributed by atoms with Gasteiger partial charge >= 0.3 is 12.1 Å². The molecule has 0 saturated heterocycles. The summed E-state index contributed by atoms with van der Waals surface area (Å²) in [6.07, 6.45) is -1.97. The number of benzene rings is 1. The van der Waals surface area contributed by atoms with E-state index in [2.05, 4.69) is 16.0 Å². The van der Waals surface area contributed by atoms with E-state index in [4.69, 9.17) is 56.5 Å². The molecular formula is C14H16Cl3N3O4S. The zero-order valence-electron chi connectivity index (χ0n) is 13.3. The summed E-state index contributed by atoms with van der Waals surface area (Å²) in [7, 11) is 1.26. The quantitative estimate of drug-likeness (QED) is 0.287. The molecule has 0 heterocycles. The number of rotatable bonds is 5. The zero-order chi connectivity index (χ0) is 19.0. The van der Waals surface area contributed by atoms with E-state index in [1.54, 1.807) is 31.2 Å². The molecular weight excluding hydrogens is 413 g/mol. The lowest BCUT2D eigenvalue weighted by atomic mass is 10.2. The van der Waals surface area contributed by atoms with E-state index in [-0.39, 0.29) is 17.3 Å². The van der Waals surface area contributed by atoms with Gasteiger partial charge < -0.3 is 20.1 Å². The van der Waals surface area contributed by atoms with Crippen LogP contribution < -0.4 is 16.0 Å². The number of nitrogens with one attached hydrogen (secondary N) is 3. The van der Waals surface area contributed by atoms with Crippen molar-refractivity contribution in [1.82, 2.24) is 10.6 Å². The molecule has 0 bridgehead atoms. The van der Waals surface area contributed by atoms with Crippen LogP contribution in [0.1, 0.15) is 17.3 Å². The van der Waals surface area contributed by atoms with Crippen molar-refractivity contribution in [3.63, 3.8) is 0 Å². The molecule has 0 unspecified atom stereocenters. The Balaban J connectivity index is 2.85. The van der Waals surface area contributed by atoms with Gasteiger partial charge in [0, 0.05) is 0 Å². The number of methoxy groups -OCH3 is 1. The predicted molar refractivity (Wildman–Crippen MR) is 101 cm³/mol. The summed E-state index contributed by atoms with van der Waals surface area (Å²) in [5.74, 6) is -0.548. The average Bonchev–Trinajstić information content (AvgIpc) is 2.53. The van der Waals surface area contributed by atoms with E-state index in [9.17, 15) is 9.59 Å². The summed E-state index contributed by atoms with van der Waals surface area (Å²) in [4.78, 5) is 23.3. The average molecular weight is 429 g/mol. The Kier molecular flexibility index (Phi) is 8.51. The Morgan fingerprint density at radius 2 is 1.88 bits per heavy atom. The number of alkyl halides is 3. The first-order valence-corrected chi connectivity index (χ1v) is 8.48. The highest BCUT2D eigenvalue weighted by Gasteiger charge is 2.35. The van der Waals surface area contributed by atoms with E-state index in [0.29, 0.717) is 5.69 Å². The molecule has 25 heavy (non-hydrogen) atoms. The van der Waals surface area contributed by atoms with E-state index < -0.39 is 22.0 Å². The highest BCUT2D eigenvalue weighted by molar-refractivity contribution is 7.80. The number of hydrogen-bond donors (Lipinski definition) is 3. The van der Waals surface area contributed by atoms with Gasteiger partial charge in [0.05, 0.1) is 25.0 Å². The number of para-hydroxylation sites is 1. The molecule has 1 rings (SSSR count). The first-order chi connectivity index (χ1) is 11.7. The highest BCUT2D eigenvalue weighted by atomic mass is 35.6. The number of thiocarbonyl (C=S) groups is 1. The smallest absolute Gasteiger partial charge is 0.408 e. The Morgan fingerprint density at radius 3 is 2.44 bits per heavy atom. The van der Waals surface area contributed by atoms with Gasteiger partial charge in [-0.3, -0.25) is 5.32 Å². The molecule has 1 aromatic rings. The van der Waals surface area contributed by atoms with Gasteiger partial charge in [-0.05, 0) is 31.3 Å². The molecule has 0 radical (unpaired) electrons. The third-order valence-electron chi connectivity index (χ3n) is 2.72. The van der Waals surface area contributed by atoms with Crippen molar-refractivity contribution >= 4 is 69.9 Å². The van der Waals surface area contributed by atoms with Gasteiger partial charge in [-0.25, -0.2) is 9.59 Å². The van der Waals surface area contributed by atoms with Crippen LogP contribution in [0.3, 0.4) is 0 Å². The fourth-order valence-corrected chi connectivity index (χ4v) is 2.22. The second-order valence-corrected chi connectivity index (χ2v) is 7.25. The van der Waals surface area contributed by atoms with Gasteiger partial charge in [-0.15, -0.1) is 0 Å². The van der Waals surface area contributed by atoms with Gasteiger partial charge in [-0.1, -0.05) is 46.9 Å². The lowest BCUT2D eigenvalue weighted by Crippen LogP contribution is -2.56. The number of carbonyl (C=O) groups excluding carboxylic acids is 2. The van der Waals surface area contributed by atoms with Gasteiger partial charge in [-0.2, -0.15) is 0 Å². The topological polar surface area (TPSA) is 88.7 Å². The third kappa shape index (κ3) is 7.11. The number of ether oxygens (including phenoxy) is 2. The van der Waals surface area contributed by atoms with Crippen LogP contribution in [-0.2, 0) is 9.47 Å². The minimum atomic E-state index is -1.92. The third-order valence-corrected chi connectivity index (χ3v) is 3.60. The van der Waals surface area contributed by atoms with Crippen molar-refractivity contribution in [1.29, 1.82) is 0 Å². The highest BCUT2D eigenvalue weighted by Crippen LogP contribution is 2.29. The molecule has 138 valence electrons. The number of amides is 1. The van der Waals surface area contributed by atoms with Crippen molar-refractivity contribution in [3.8, 4) is 0 Å². The Bertz CT molecular complexity index is 640. The van der Waals surface area contributed by atoms with Gasteiger partial charge in [0.1, 0.15) is 0 Å². The summed E-state index contributed by atoms with van der Waals surface area (Å²) < 4.78 is 7.52. The molecule has 0 aliphatic carbocycles. The molecule has 0 saturated carbocycles. The van der Waals surface area contributed by atoms with Crippen LogP contribution in [0.25, 0.3) is 0 Å². The second-order valence-electron chi connectivity index (χ2n) is 4.48. The van der Waals surface area contributed by atoms with Crippen LogP contribution in [0, 0.1) is 0 Å². The fourth-order valence-electron chi connectivity index (χ4n) is 1.66. The maximum atomic E-state index is 11.8. The van der Waals surface area contributed by atoms with Gasteiger partial charge in [0.2, 0.25) is 3.79 Å². The molecule has 0 spiro atoms. The summed E-state index contributed by atoms with van der Waals surface area (Å²) in [6.45, 7) is 1.78. The summed E-state index contributed by atoms with van der Waals surface area (Å²) in [5.41, 5.74) is 0.643. The SMILES string of the molecule is CCOC(=O)N[C@@H](NC(=S)Nc1ccccc1C(=O)OC)C(Cl)(Cl)Cl. The molecule has 0 fully saturated rings. The van der Waals surface area contributed by atoms with Crippen LogP contribution in [0.4, 0.5) is 10.5 Å². The minimum absolute atomic E-state index is 0.00414. The van der Waals surface area contributed by atoms with Gasteiger partial charge in [0.25, 0.3) is 0 Å². The number of alkyl carbamates (subject to hydrolysis) is 1. The van der Waals surface area contributed by atoms with E-state index >= 15 is 0 Å². The van der Waals surface area contributed by atoms with Crippen LogP contribution in [0.15, 0.2) is 24.3 Å². The summed E-state index contributed by atoms with van der Waals surface area (Å²) in [6, 6.07) is 6.53. The van der Waals surface area contributed by atoms with Crippen LogP contribution in [0.5, 0.6) is 0 Å². The largest absolute Gasteiger partial charge is 0.465 e. The minimum Gasteiger partial charge on any atom is -0.465 e. The lowest BCUT2D eigenvalue weighted by molar-refractivity contribution is 0.0602. The number of halogens is 3. The first-order valence-electron chi connectivity index (χ1n) is 6.93.